The number of hydrogen-bond acceptors (Lipinski definition) is 4. The van der Waals surface area contributed by atoms with Gasteiger partial charge in [0.2, 0.25) is 15.9 Å². The number of piperidine rings is 1. The lowest BCUT2D eigenvalue weighted by atomic mass is 9.97. The van der Waals surface area contributed by atoms with Crippen LogP contribution >= 0.6 is 0 Å². The van der Waals surface area contributed by atoms with Crippen LogP contribution in [0.3, 0.4) is 0 Å². The minimum absolute atomic E-state index is 0.0171. The molecule has 0 spiro atoms. The van der Waals surface area contributed by atoms with Crippen LogP contribution in [0.1, 0.15) is 18.5 Å². The van der Waals surface area contributed by atoms with Crippen LogP contribution in [0, 0.1) is 12.8 Å². The molecule has 2 N–H and O–H groups in total. The third-order valence-electron chi connectivity index (χ3n) is 3.47. The van der Waals surface area contributed by atoms with E-state index < -0.39 is 10.0 Å². The first-order valence-corrected chi connectivity index (χ1v) is 7.62. The second-order valence-electron chi connectivity index (χ2n) is 4.65. The van der Waals surface area contributed by atoms with E-state index in [1.807, 2.05) is 0 Å². The summed E-state index contributed by atoms with van der Waals surface area (Å²) in [7, 11) is -1.90. The van der Waals surface area contributed by atoms with Gasteiger partial charge in [0.15, 0.2) is 0 Å². The summed E-state index contributed by atoms with van der Waals surface area (Å²) in [6.45, 7) is 2.41. The highest BCUT2D eigenvalue weighted by molar-refractivity contribution is 7.89. The van der Waals surface area contributed by atoms with Crippen molar-refractivity contribution in [1.82, 2.24) is 19.8 Å². The number of carbonyl (C=O) groups excluding carboxylic acids is 1. The van der Waals surface area contributed by atoms with Gasteiger partial charge in [-0.3, -0.25) is 9.89 Å². The van der Waals surface area contributed by atoms with Crippen molar-refractivity contribution in [3.05, 3.63) is 11.9 Å². The number of nitrogens with one attached hydrogen (secondary N) is 2. The predicted octanol–water partition coefficient (Wildman–Crippen LogP) is -0.135. The highest BCUT2D eigenvalue weighted by atomic mass is 32.2. The topological polar surface area (TPSA) is 95.2 Å². The molecule has 0 aromatic carbocycles. The van der Waals surface area contributed by atoms with Gasteiger partial charge in [-0.15, -0.1) is 0 Å². The molecule has 2 heterocycles. The fraction of sp³-hybridized carbons (Fsp3) is 0.636. The monoisotopic (exact) mass is 286 g/mol. The molecular weight excluding hydrogens is 268 g/mol. The number of rotatable bonds is 3. The minimum Gasteiger partial charge on any atom is -0.359 e. The Hall–Kier alpha value is -1.41. The molecule has 0 bridgehead atoms. The molecule has 8 heteroatoms. The number of nitrogens with zero attached hydrogens (tertiary/aromatic N) is 2. The summed E-state index contributed by atoms with van der Waals surface area (Å²) < 4.78 is 26.2. The van der Waals surface area contributed by atoms with Gasteiger partial charge in [-0.2, -0.15) is 9.40 Å². The van der Waals surface area contributed by atoms with Gasteiger partial charge in [0.1, 0.15) is 4.90 Å². The number of aromatic nitrogens is 2. The van der Waals surface area contributed by atoms with E-state index in [1.54, 1.807) is 14.0 Å². The fourth-order valence-corrected chi connectivity index (χ4v) is 3.89. The van der Waals surface area contributed by atoms with E-state index in [0.29, 0.717) is 31.6 Å². The number of aryl methyl sites for hydroxylation is 1. The molecule has 1 saturated heterocycles. The Balaban J connectivity index is 2.10. The summed E-state index contributed by atoms with van der Waals surface area (Å²) in [5, 5.41) is 8.98. The third-order valence-corrected chi connectivity index (χ3v) is 5.48. The summed E-state index contributed by atoms with van der Waals surface area (Å²) in [5.74, 6) is -0.113. The standard InChI is InChI=1S/C11H18N4O3S/c1-8-10(7-13-14-8)19(17,18)15-5-3-9(4-6-15)11(16)12-2/h7,9H,3-6H2,1-2H3,(H,12,16)(H,13,14). The van der Waals surface area contributed by atoms with Crippen LogP contribution in [0.15, 0.2) is 11.1 Å². The van der Waals surface area contributed by atoms with Gasteiger partial charge in [0.25, 0.3) is 0 Å². The first-order chi connectivity index (χ1) is 8.96. The molecule has 0 unspecified atom stereocenters. The zero-order valence-corrected chi connectivity index (χ0v) is 11.8. The van der Waals surface area contributed by atoms with Crippen molar-refractivity contribution >= 4 is 15.9 Å². The SMILES string of the molecule is CNC(=O)C1CCN(S(=O)(=O)c2cn[nH]c2C)CC1. The summed E-state index contributed by atoms with van der Waals surface area (Å²) in [6.07, 6.45) is 2.43. The van der Waals surface area contributed by atoms with Gasteiger partial charge < -0.3 is 5.32 Å². The summed E-state index contributed by atoms with van der Waals surface area (Å²) >= 11 is 0. The van der Waals surface area contributed by atoms with Gasteiger partial charge in [-0.25, -0.2) is 8.42 Å². The van der Waals surface area contributed by atoms with Gasteiger partial charge in [-0.1, -0.05) is 0 Å². The lowest BCUT2D eigenvalue weighted by Crippen LogP contribution is -2.42. The average Bonchev–Trinajstić information content (AvgIpc) is 2.85. The molecule has 1 aromatic rings. The van der Waals surface area contributed by atoms with Crippen molar-refractivity contribution in [2.45, 2.75) is 24.7 Å². The van der Waals surface area contributed by atoms with Crippen molar-refractivity contribution in [3.8, 4) is 0 Å². The second-order valence-corrected chi connectivity index (χ2v) is 6.56. The van der Waals surface area contributed by atoms with Crippen LogP contribution in [0.2, 0.25) is 0 Å². The van der Waals surface area contributed by atoms with Crippen LogP contribution in [0.4, 0.5) is 0 Å². The Morgan fingerprint density at radius 3 is 2.58 bits per heavy atom. The van der Waals surface area contributed by atoms with E-state index in [0.717, 1.165) is 0 Å². The Morgan fingerprint density at radius 2 is 2.11 bits per heavy atom. The molecule has 7 nitrogen and oxygen atoms in total. The summed E-state index contributed by atoms with van der Waals surface area (Å²) in [5.41, 5.74) is 0.536. The Labute approximate surface area is 112 Å². The highest BCUT2D eigenvalue weighted by Gasteiger charge is 2.33. The van der Waals surface area contributed by atoms with Crippen molar-refractivity contribution in [1.29, 1.82) is 0 Å². The molecule has 1 amide bonds. The summed E-state index contributed by atoms with van der Waals surface area (Å²) in [4.78, 5) is 11.7. The van der Waals surface area contributed by atoms with E-state index in [2.05, 4.69) is 15.5 Å². The molecule has 0 aliphatic carbocycles. The molecule has 19 heavy (non-hydrogen) atoms. The van der Waals surface area contributed by atoms with Crippen LogP contribution < -0.4 is 5.32 Å². The van der Waals surface area contributed by atoms with E-state index in [4.69, 9.17) is 0 Å². The Kier molecular flexibility index (Phi) is 3.91. The van der Waals surface area contributed by atoms with Crippen molar-refractivity contribution < 1.29 is 13.2 Å². The Morgan fingerprint density at radius 1 is 1.47 bits per heavy atom. The molecule has 1 fully saturated rings. The average molecular weight is 286 g/mol. The number of H-pyrrole nitrogens is 1. The van der Waals surface area contributed by atoms with Gasteiger partial charge in [0.05, 0.1) is 11.9 Å². The lowest BCUT2D eigenvalue weighted by Gasteiger charge is -2.30. The van der Waals surface area contributed by atoms with Crippen LogP contribution in [0.25, 0.3) is 0 Å². The maximum absolute atomic E-state index is 12.4. The van der Waals surface area contributed by atoms with Crippen LogP contribution in [-0.2, 0) is 14.8 Å². The molecule has 1 aliphatic rings. The van der Waals surface area contributed by atoms with E-state index in [9.17, 15) is 13.2 Å². The zero-order chi connectivity index (χ0) is 14.0. The number of sulfonamides is 1. The van der Waals surface area contributed by atoms with E-state index >= 15 is 0 Å². The third kappa shape index (κ3) is 2.64. The predicted molar refractivity (Wildman–Crippen MR) is 68.9 cm³/mol. The van der Waals surface area contributed by atoms with Gasteiger partial charge in [-0.05, 0) is 19.8 Å². The second kappa shape index (κ2) is 5.30. The largest absolute Gasteiger partial charge is 0.359 e. The fourth-order valence-electron chi connectivity index (χ4n) is 2.30. The Bertz CT molecular complexity index is 558. The molecule has 0 radical (unpaired) electrons. The van der Waals surface area contributed by atoms with E-state index in [1.165, 1.54) is 10.5 Å². The quantitative estimate of drug-likeness (QED) is 0.809. The maximum Gasteiger partial charge on any atom is 0.246 e. The molecule has 106 valence electrons. The summed E-state index contributed by atoms with van der Waals surface area (Å²) in [6, 6.07) is 0. The smallest absolute Gasteiger partial charge is 0.246 e. The first kappa shape index (κ1) is 14.0. The van der Waals surface area contributed by atoms with Gasteiger partial charge >= 0.3 is 0 Å². The molecule has 0 atom stereocenters. The number of hydrogen-bond donors (Lipinski definition) is 2. The molecular formula is C11H18N4O3S. The van der Waals surface area contributed by atoms with Crippen molar-refractivity contribution in [2.24, 2.45) is 5.92 Å². The normalized spacial score (nSPS) is 18.4. The van der Waals surface area contributed by atoms with Crippen LogP contribution in [0.5, 0.6) is 0 Å². The van der Waals surface area contributed by atoms with Crippen molar-refractivity contribution in [3.63, 3.8) is 0 Å². The van der Waals surface area contributed by atoms with Crippen LogP contribution in [-0.4, -0.2) is 49.0 Å². The molecule has 1 aliphatic heterocycles. The first-order valence-electron chi connectivity index (χ1n) is 6.18. The maximum atomic E-state index is 12.4. The molecule has 2 rings (SSSR count). The van der Waals surface area contributed by atoms with E-state index in [-0.39, 0.29) is 16.7 Å². The zero-order valence-electron chi connectivity index (χ0n) is 11.0. The van der Waals surface area contributed by atoms with Gasteiger partial charge in [0, 0.05) is 26.1 Å². The number of carbonyl (C=O) groups is 1. The number of amides is 1. The minimum atomic E-state index is -3.50. The van der Waals surface area contributed by atoms with Crippen molar-refractivity contribution in [2.75, 3.05) is 20.1 Å². The molecule has 0 saturated carbocycles. The lowest BCUT2D eigenvalue weighted by molar-refractivity contribution is -0.125. The highest BCUT2D eigenvalue weighted by Crippen LogP contribution is 2.24. The number of aromatic amines is 1. The molecule has 1 aromatic heterocycles.